The molecule has 1 atom stereocenters. The first-order valence-electron chi connectivity index (χ1n) is 10.7. The normalized spacial score (nSPS) is 12.7. The van der Waals surface area contributed by atoms with Gasteiger partial charge in [-0.25, -0.2) is 13.2 Å². The van der Waals surface area contributed by atoms with Gasteiger partial charge in [-0.1, -0.05) is 32.4 Å². The number of rotatable bonds is 11. The Bertz CT molecular complexity index is 928. The Labute approximate surface area is 195 Å². The van der Waals surface area contributed by atoms with Gasteiger partial charge in [0.05, 0.1) is 17.6 Å². The largest absolute Gasteiger partial charge is 0.497 e. The molecule has 11 heteroatoms. The molecule has 3 N–H and O–H groups in total. The summed E-state index contributed by atoms with van der Waals surface area (Å²) in [5.41, 5.74) is 0.468. The number of imide groups is 1. The minimum absolute atomic E-state index is 0.0636. The van der Waals surface area contributed by atoms with E-state index in [1.807, 2.05) is 13.8 Å². The number of methoxy groups -OCH3 is 1. The maximum Gasteiger partial charge on any atom is 0.349 e. The SMILES string of the molecule is CNC(=O)C(NC(=O)N(O)C(=O)CCCC(C)C)C(C)(C)S(=O)(=O)Cc1ccc(OC)cc1. The Kier molecular flexibility index (Phi) is 10.3. The number of nitrogens with zero attached hydrogens (tertiary/aromatic N) is 1. The van der Waals surface area contributed by atoms with Gasteiger partial charge in [-0.2, -0.15) is 0 Å². The first-order chi connectivity index (χ1) is 15.3. The van der Waals surface area contributed by atoms with Crippen LogP contribution < -0.4 is 15.4 Å². The third kappa shape index (κ3) is 7.71. The van der Waals surface area contributed by atoms with Crippen LogP contribution in [0, 0.1) is 5.92 Å². The predicted molar refractivity (Wildman–Crippen MR) is 123 cm³/mol. The van der Waals surface area contributed by atoms with Gasteiger partial charge in [0, 0.05) is 13.5 Å². The summed E-state index contributed by atoms with van der Waals surface area (Å²) in [5, 5.41) is 14.4. The van der Waals surface area contributed by atoms with Crippen molar-refractivity contribution < 1.29 is 32.7 Å². The van der Waals surface area contributed by atoms with Crippen LogP contribution in [0.25, 0.3) is 0 Å². The van der Waals surface area contributed by atoms with Crippen molar-refractivity contribution >= 4 is 27.7 Å². The summed E-state index contributed by atoms with van der Waals surface area (Å²) in [4.78, 5) is 37.1. The van der Waals surface area contributed by atoms with Crippen molar-refractivity contribution in [3.8, 4) is 5.75 Å². The molecule has 0 aliphatic rings. The van der Waals surface area contributed by atoms with E-state index in [9.17, 15) is 28.0 Å². The van der Waals surface area contributed by atoms with Crippen molar-refractivity contribution in [1.82, 2.24) is 15.7 Å². The second-order valence-corrected chi connectivity index (χ2v) is 11.3. The Morgan fingerprint density at radius 2 is 1.73 bits per heavy atom. The van der Waals surface area contributed by atoms with Gasteiger partial charge in [0.25, 0.3) is 5.91 Å². The number of sulfone groups is 1. The van der Waals surface area contributed by atoms with Crippen LogP contribution in [-0.4, -0.2) is 61.5 Å². The van der Waals surface area contributed by atoms with E-state index in [1.54, 1.807) is 24.3 Å². The number of nitrogens with one attached hydrogen (secondary N) is 2. The molecule has 0 saturated carbocycles. The molecule has 0 spiro atoms. The molecule has 1 rings (SSSR count). The molecule has 0 aliphatic heterocycles. The van der Waals surface area contributed by atoms with Crippen LogP contribution in [0.2, 0.25) is 0 Å². The molecule has 1 unspecified atom stereocenters. The molecule has 1 aromatic carbocycles. The molecule has 10 nitrogen and oxygen atoms in total. The fraction of sp³-hybridized carbons (Fsp3) is 0.591. The summed E-state index contributed by atoms with van der Waals surface area (Å²) in [6, 6.07) is 3.56. The lowest BCUT2D eigenvalue weighted by Crippen LogP contribution is -2.62. The number of likely N-dealkylation sites (N-methyl/N-ethyl adjacent to an activating group) is 1. The molecule has 0 bridgehead atoms. The van der Waals surface area contributed by atoms with Crippen molar-refractivity contribution in [3.05, 3.63) is 29.8 Å². The van der Waals surface area contributed by atoms with E-state index < -0.39 is 44.2 Å². The summed E-state index contributed by atoms with van der Waals surface area (Å²) in [6.45, 7) is 6.57. The van der Waals surface area contributed by atoms with Crippen molar-refractivity contribution in [1.29, 1.82) is 0 Å². The van der Waals surface area contributed by atoms with Gasteiger partial charge in [-0.15, -0.1) is 5.06 Å². The Morgan fingerprint density at radius 3 is 2.21 bits per heavy atom. The van der Waals surface area contributed by atoms with E-state index in [-0.39, 0.29) is 11.5 Å². The highest BCUT2D eigenvalue weighted by Crippen LogP contribution is 2.26. The van der Waals surface area contributed by atoms with Crippen molar-refractivity contribution in [2.75, 3.05) is 14.2 Å². The number of benzene rings is 1. The number of hydrogen-bond acceptors (Lipinski definition) is 7. The lowest BCUT2D eigenvalue weighted by molar-refractivity contribution is -0.153. The molecule has 0 aliphatic carbocycles. The first-order valence-corrected chi connectivity index (χ1v) is 12.3. The molecule has 0 saturated heterocycles. The number of hydroxylamine groups is 2. The molecule has 0 radical (unpaired) electrons. The second-order valence-electron chi connectivity index (χ2n) is 8.70. The number of urea groups is 1. The minimum Gasteiger partial charge on any atom is -0.497 e. The number of ether oxygens (including phenoxy) is 1. The number of amides is 4. The van der Waals surface area contributed by atoms with Crippen LogP contribution in [-0.2, 0) is 25.2 Å². The lowest BCUT2D eigenvalue weighted by Gasteiger charge is -2.33. The highest BCUT2D eigenvalue weighted by atomic mass is 32.2. The van der Waals surface area contributed by atoms with Crippen LogP contribution in [0.15, 0.2) is 24.3 Å². The average molecular weight is 486 g/mol. The molecule has 1 aromatic rings. The van der Waals surface area contributed by atoms with Gasteiger partial charge in [-0.3, -0.25) is 14.8 Å². The molecular formula is C22H35N3O7S. The van der Waals surface area contributed by atoms with Gasteiger partial charge < -0.3 is 15.4 Å². The highest BCUT2D eigenvalue weighted by molar-refractivity contribution is 7.92. The van der Waals surface area contributed by atoms with E-state index >= 15 is 0 Å². The van der Waals surface area contributed by atoms with Gasteiger partial charge >= 0.3 is 6.03 Å². The van der Waals surface area contributed by atoms with Crippen molar-refractivity contribution in [3.63, 3.8) is 0 Å². The van der Waals surface area contributed by atoms with Crippen LogP contribution in [0.5, 0.6) is 5.75 Å². The topological polar surface area (TPSA) is 142 Å². The van der Waals surface area contributed by atoms with Crippen LogP contribution in [0.4, 0.5) is 4.79 Å². The fourth-order valence-corrected chi connectivity index (χ4v) is 4.60. The summed E-state index contributed by atoms with van der Waals surface area (Å²) in [6.07, 6.45) is 1.14. The van der Waals surface area contributed by atoms with E-state index in [1.165, 1.54) is 28.0 Å². The molecule has 0 heterocycles. The quantitative estimate of drug-likeness (QED) is 0.322. The summed E-state index contributed by atoms with van der Waals surface area (Å²) >= 11 is 0. The second kappa shape index (κ2) is 12.0. The monoisotopic (exact) mass is 485 g/mol. The Balaban J connectivity index is 3.05. The zero-order valence-corrected chi connectivity index (χ0v) is 20.9. The number of carbonyl (C=O) groups is 3. The first kappa shape index (κ1) is 28.4. The number of hydrogen-bond donors (Lipinski definition) is 3. The summed E-state index contributed by atoms with van der Waals surface area (Å²) in [5.74, 6) is -1.11. The zero-order chi connectivity index (χ0) is 25.4. The van der Waals surface area contributed by atoms with Crippen molar-refractivity contribution in [2.45, 2.75) is 63.5 Å². The van der Waals surface area contributed by atoms with Gasteiger partial charge in [0.1, 0.15) is 11.8 Å². The number of carbonyl (C=O) groups excluding carboxylic acids is 3. The highest BCUT2D eigenvalue weighted by Gasteiger charge is 2.47. The molecule has 33 heavy (non-hydrogen) atoms. The van der Waals surface area contributed by atoms with E-state index in [0.717, 1.165) is 6.42 Å². The molecule has 4 amide bonds. The van der Waals surface area contributed by atoms with E-state index in [2.05, 4.69) is 10.6 Å². The maximum absolute atomic E-state index is 13.2. The van der Waals surface area contributed by atoms with Crippen LogP contribution in [0.3, 0.4) is 0 Å². The maximum atomic E-state index is 13.2. The standard InChI is InChI=1S/C22H35N3O7S/c1-15(2)8-7-9-18(26)25(29)21(28)24-19(20(27)23-5)22(3,4)33(30,31)14-16-10-12-17(32-6)13-11-16/h10-13,15,19,29H,7-9,14H2,1-6H3,(H,23,27)(H,24,28). The Hall–Kier alpha value is -2.66. The van der Waals surface area contributed by atoms with Crippen LogP contribution in [0.1, 0.15) is 52.5 Å². The Morgan fingerprint density at radius 1 is 1.15 bits per heavy atom. The summed E-state index contributed by atoms with van der Waals surface area (Å²) < 4.78 is 29.7. The zero-order valence-electron chi connectivity index (χ0n) is 20.0. The smallest absolute Gasteiger partial charge is 0.349 e. The van der Waals surface area contributed by atoms with Gasteiger partial charge in [0.15, 0.2) is 9.84 Å². The minimum atomic E-state index is -4.00. The third-order valence-corrected chi connectivity index (χ3v) is 7.94. The summed E-state index contributed by atoms with van der Waals surface area (Å²) in [7, 11) is -1.22. The molecular weight excluding hydrogens is 450 g/mol. The molecule has 186 valence electrons. The lowest BCUT2D eigenvalue weighted by atomic mass is 10.0. The predicted octanol–water partition coefficient (Wildman–Crippen LogP) is 2.26. The molecule has 0 aromatic heterocycles. The average Bonchev–Trinajstić information content (AvgIpc) is 2.75. The van der Waals surface area contributed by atoms with E-state index in [0.29, 0.717) is 23.7 Å². The van der Waals surface area contributed by atoms with Gasteiger partial charge in [-0.05, 0) is 43.9 Å². The van der Waals surface area contributed by atoms with Gasteiger partial charge in [0.2, 0.25) is 5.91 Å². The molecule has 0 fully saturated rings. The fourth-order valence-electron chi connectivity index (χ4n) is 3.07. The van der Waals surface area contributed by atoms with Crippen LogP contribution >= 0.6 is 0 Å². The third-order valence-electron chi connectivity index (χ3n) is 5.39. The van der Waals surface area contributed by atoms with E-state index in [4.69, 9.17) is 4.74 Å². The van der Waals surface area contributed by atoms with Crippen molar-refractivity contribution in [2.24, 2.45) is 5.92 Å².